The summed E-state index contributed by atoms with van der Waals surface area (Å²) in [5.41, 5.74) is 1.32. The van der Waals surface area contributed by atoms with Crippen molar-refractivity contribution in [2.24, 2.45) is 0 Å². The Kier molecular flexibility index (Phi) is 3.73. The lowest BCUT2D eigenvalue weighted by Gasteiger charge is -2.17. The number of nitrogens with zero attached hydrogens (tertiary/aromatic N) is 1. The van der Waals surface area contributed by atoms with Crippen molar-refractivity contribution in [2.75, 3.05) is 0 Å². The zero-order chi connectivity index (χ0) is 18.3. The van der Waals surface area contributed by atoms with Crippen molar-refractivity contribution in [3.05, 3.63) is 82.9 Å². The molecule has 0 amide bonds. The third kappa shape index (κ3) is 2.43. The van der Waals surface area contributed by atoms with Crippen LogP contribution in [0, 0.1) is 0 Å². The van der Waals surface area contributed by atoms with E-state index in [0.717, 1.165) is 0 Å². The molecule has 1 aromatic heterocycles. The van der Waals surface area contributed by atoms with Gasteiger partial charge < -0.3 is 4.74 Å². The molecule has 2 aromatic carbocycles. The molecule has 0 bridgehead atoms. The molecular weight excluding hydrogens is 332 g/mol. The Labute approximate surface area is 149 Å². The standard InChI is InChI=1S/C20H14N2O4/c1-2-17-21-9-10-22(17)20(25)26-12-7-8-15-16(11-12)19(24)14-6-4-3-5-13(14)18(15)23/h3-11H,2H2,1H3/p+1. The van der Waals surface area contributed by atoms with Gasteiger partial charge in [-0.15, -0.1) is 4.57 Å². The Balaban J connectivity index is 1.69. The van der Waals surface area contributed by atoms with Crippen molar-refractivity contribution in [2.45, 2.75) is 13.3 Å². The van der Waals surface area contributed by atoms with Gasteiger partial charge in [0.1, 0.15) is 18.1 Å². The minimum atomic E-state index is -0.585. The van der Waals surface area contributed by atoms with E-state index >= 15 is 0 Å². The van der Waals surface area contributed by atoms with Gasteiger partial charge in [0.05, 0.1) is 0 Å². The van der Waals surface area contributed by atoms with Crippen molar-refractivity contribution < 1.29 is 24.1 Å². The van der Waals surface area contributed by atoms with Crippen molar-refractivity contribution in [3.63, 3.8) is 0 Å². The number of hydrogen-bond donors (Lipinski definition) is 0. The van der Waals surface area contributed by atoms with E-state index in [9.17, 15) is 14.4 Å². The first-order valence-electron chi connectivity index (χ1n) is 8.22. The number of carbonyl (C=O) groups is 3. The van der Waals surface area contributed by atoms with Crippen LogP contribution in [0.25, 0.3) is 0 Å². The number of nitrogens with one attached hydrogen (secondary N) is 1. The normalized spacial score (nSPS) is 12.5. The minimum Gasteiger partial charge on any atom is -0.392 e. The van der Waals surface area contributed by atoms with Crippen molar-refractivity contribution in [3.8, 4) is 5.75 Å². The molecule has 1 N–H and O–H groups in total. The fourth-order valence-electron chi connectivity index (χ4n) is 3.10. The number of aromatic amines is 1. The molecule has 1 aliphatic rings. The number of ketones is 2. The number of H-pyrrole nitrogens is 1. The predicted octanol–water partition coefficient (Wildman–Crippen LogP) is 2.69. The molecule has 4 rings (SSSR count). The van der Waals surface area contributed by atoms with E-state index < -0.39 is 6.09 Å². The van der Waals surface area contributed by atoms with E-state index in [4.69, 9.17) is 4.74 Å². The lowest BCUT2D eigenvalue weighted by Crippen LogP contribution is -2.23. The van der Waals surface area contributed by atoms with Crippen LogP contribution < -0.4 is 9.72 Å². The van der Waals surface area contributed by atoms with Gasteiger partial charge >= 0.3 is 6.09 Å². The first-order chi connectivity index (χ1) is 12.6. The van der Waals surface area contributed by atoms with Crippen LogP contribution in [0.5, 0.6) is 5.75 Å². The first-order valence-corrected chi connectivity index (χ1v) is 8.22. The maximum atomic E-state index is 12.7. The summed E-state index contributed by atoms with van der Waals surface area (Å²) >= 11 is 0. The van der Waals surface area contributed by atoms with Crippen LogP contribution in [0.15, 0.2) is 54.9 Å². The average Bonchev–Trinajstić information content (AvgIpc) is 3.15. The molecule has 1 aliphatic carbocycles. The number of rotatable bonds is 2. The van der Waals surface area contributed by atoms with Gasteiger partial charge in [-0.3, -0.25) is 9.59 Å². The second-order valence-electron chi connectivity index (χ2n) is 5.91. The molecule has 6 nitrogen and oxygen atoms in total. The summed E-state index contributed by atoms with van der Waals surface area (Å²) in [7, 11) is 0. The summed E-state index contributed by atoms with van der Waals surface area (Å²) in [6, 6.07) is 11.2. The lowest BCUT2D eigenvalue weighted by molar-refractivity contribution is -0.389. The van der Waals surface area contributed by atoms with E-state index in [2.05, 4.69) is 4.98 Å². The summed E-state index contributed by atoms with van der Waals surface area (Å²) in [5, 5.41) is 0. The molecule has 0 saturated heterocycles. The maximum Gasteiger partial charge on any atom is 0.517 e. The van der Waals surface area contributed by atoms with Gasteiger partial charge in [0.2, 0.25) is 0 Å². The highest BCUT2D eigenvalue weighted by Crippen LogP contribution is 2.29. The molecule has 128 valence electrons. The van der Waals surface area contributed by atoms with Crippen molar-refractivity contribution in [1.82, 2.24) is 4.57 Å². The highest BCUT2D eigenvalue weighted by Gasteiger charge is 2.30. The number of aryl methyl sites for hydroxylation is 1. The third-order valence-corrected chi connectivity index (χ3v) is 4.40. The van der Waals surface area contributed by atoms with Gasteiger partial charge in [-0.1, -0.05) is 31.2 Å². The Morgan fingerprint density at radius 3 is 2.35 bits per heavy atom. The van der Waals surface area contributed by atoms with Crippen LogP contribution in [0.3, 0.4) is 0 Å². The second-order valence-corrected chi connectivity index (χ2v) is 5.91. The summed E-state index contributed by atoms with van der Waals surface area (Å²) in [6.45, 7) is 1.91. The summed E-state index contributed by atoms with van der Waals surface area (Å²) in [5.74, 6) is 0.455. The molecule has 0 radical (unpaired) electrons. The van der Waals surface area contributed by atoms with Crippen LogP contribution in [-0.4, -0.2) is 22.2 Å². The molecule has 0 atom stereocenters. The van der Waals surface area contributed by atoms with Gasteiger partial charge in [-0.25, -0.2) is 4.98 Å². The largest absolute Gasteiger partial charge is 0.517 e. The number of imidazole rings is 1. The topological polar surface area (TPSA) is 79.5 Å². The van der Waals surface area contributed by atoms with Gasteiger partial charge in [-0.2, -0.15) is 4.79 Å². The van der Waals surface area contributed by atoms with Crippen molar-refractivity contribution >= 4 is 17.7 Å². The molecule has 6 heteroatoms. The fraction of sp³-hybridized carbons (Fsp3) is 0.100. The van der Waals surface area contributed by atoms with E-state index in [1.807, 2.05) is 6.92 Å². The SMILES string of the molecule is CCc1[nH+]ccn1C(=O)Oc1ccc2c(c1)C(=O)c1ccccc1C2=O. The zero-order valence-corrected chi connectivity index (χ0v) is 14.0. The van der Waals surface area contributed by atoms with Gasteiger partial charge in [0.25, 0.3) is 5.82 Å². The zero-order valence-electron chi connectivity index (χ0n) is 14.0. The fourth-order valence-corrected chi connectivity index (χ4v) is 3.10. The number of ether oxygens (including phenoxy) is 1. The Morgan fingerprint density at radius 1 is 1.00 bits per heavy atom. The summed E-state index contributed by atoms with van der Waals surface area (Å²) in [4.78, 5) is 40.6. The number of hydrogen-bond acceptors (Lipinski definition) is 4. The van der Waals surface area contributed by atoms with Gasteiger partial charge in [-0.05, 0) is 18.2 Å². The van der Waals surface area contributed by atoms with Gasteiger partial charge in [0, 0.05) is 28.7 Å². The number of benzene rings is 2. The molecule has 0 fully saturated rings. The maximum absolute atomic E-state index is 12.7. The highest BCUT2D eigenvalue weighted by molar-refractivity contribution is 6.28. The Hall–Kier alpha value is -3.54. The van der Waals surface area contributed by atoms with E-state index in [0.29, 0.717) is 28.9 Å². The molecule has 0 unspecified atom stereocenters. The predicted molar refractivity (Wildman–Crippen MR) is 91.5 cm³/mol. The van der Waals surface area contributed by atoms with Crippen molar-refractivity contribution in [1.29, 1.82) is 0 Å². The van der Waals surface area contributed by atoms with Crippen LogP contribution in [0.1, 0.15) is 44.6 Å². The lowest BCUT2D eigenvalue weighted by atomic mass is 9.84. The second kappa shape index (κ2) is 6.07. The van der Waals surface area contributed by atoms with Gasteiger partial charge in [0.15, 0.2) is 11.6 Å². The smallest absolute Gasteiger partial charge is 0.392 e. The molecule has 0 aliphatic heterocycles. The number of carbonyl (C=O) groups excluding carboxylic acids is 3. The molecule has 3 aromatic rings. The quantitative estimate of drug-likeness (QED) is 0.558. The first kappa shape index (κ1) is 16.0. The van der Waals surface area contributed by atoms with E-state index in [1.165, 1.54) is 22.8 Å². The molecule has 0 spiro atoms. The number of fused-ring (bicyclic) bond motifs is 2. The Bertz CT molecular complexity index is 1070. The highest BCUT2D eigenvalue weighted by atomic mass is 16.6. The molecular formula is C20H15N2O4+. The number of aromatic nitrogens is 2. The van der Waals surface area contributed by atoms with E-state index in [1.54, 1.807) is 36.7 Å². The third-order valence-electron chi connectivity index (χ3n) is 4.40. The van der Waals surface area contributed by atoms with Crippen LogP contribution in [0.4, 0.5) is 4.79 Å². The van der Waals surface area contributed by atoms with Crippen LogP contribution in [0.2, 0.25) is 0 Å². The minimum absolute atomic E-state index is 0.207. The van der Waals surface area contributed by atoms with Crippen LogP contribution >= 0.6 is 0 Å². The summed E-state index contributed by atoms with van der Waals surface area (Å²) < 4.78 is 6.74. The monoisotopic (exact) mass is 347 g/mol. The molecule has 26 heavy (non-hydrogen) atoms. The van der Waals surface area contributed by atoms with Crippen LogP contribution in [-0.2, 0) is 6.42 Å². The Morgan fingerprint density at radius 2 is 1.65 bits per heavy atom. The summed E-state index contributed by atoms with van der Waals surface area (Å²) in [6.07, 6.45) is 3.27. The van der Waals surface area contributed by atoms with E-state index in [-0.39, 0.29) is 22.9 Å². The molecule has 0 saturated carbocycles. The molecule has 1 heterocycles. The average molecular weight is 347 g/mol.